The van der Waals surface area contributed by atoms with Crippen molar-refractivity contribution in [2.45, 2.75) is 19.4 Å². The molecular weight excluding hydrogens is 234 g/mol. The number of para-hydroxylation sites is 2. The van der Waals surface area contributed by atoms with Gasteiger partial charge in [-0.3, -0.25) is 4.79 Å². The Morgan fingerprint density at radius 3 is 2.78 bits per heavy atom. The minimum absolute atomic E-state index is 0.205. The zero-order chi connectivity index (χ0) is 13.3. The molecule has 18 heavy (non-hydrogen) atoms. The summed E-state index contributed by atoms with van der Waals surface area (Å²) in [4.78, 5) is 25.5. The van der Waals surface area contributed by atoms with Crippen molar-refractivity contribution in [2.75, 3.05) is 18.6 Å². The Balaban J connectivity index is 2.43. The Morgan fingerprint density at radius 1 is 1.44 bits per heavy atom. The first-order chi connectivity index (χ1) is 8.50. The Hall–Kier alpha value is -2.04. The molecule has 0 N–H and O–H groups in total. The molecule has 5 nitrogen and oxygen atoms in total. The zero-order valence-electron chi connectivity index (χ0n) is 10.6. The number of amides is 1. The highest BCUT2D eigenvalue weighted by atomic mass is 16.6. The van der Waals surface area contributed by atoms with Crippen LogP contribution in [-0.4, -0.2) is 31.1 Å². The molecule has 1 atom stereocenters. The molecule has 0 aliphatic carbocycles. The van der Waals surface area contributed by atoms with E-state index >= 15 is 0 Å². The maximum atomic E-state index is 12.2. The van der Waals surface area contributed by atoms with Gasteiger partial charge in [-0.1, -0.05) is 12.1 Å². The Morgan fingerprint density at radius 2 is 2.11 bits per heavy atom. The fraction of sp³-hybridized carbons (Fsp3) is 0.385. The minimum Gasteiger partial charge on any atom is -0.464 e. The maximum absolute atomic E-state index is 12.2. The molecule has 1 aliphatic rings. The van der Waals surface area contributed by atoms with Crippen LogP contribution in [0.4, 0.5) is 5.69 Å². The summed E-state index contributed by atoms with van der Waals surface area (Å²) < 4.78 is 10.5. The fourth-order valence-corrected chi connectivity index (χ4v) is 1.91. The Labute approximate surface area is 105 Å². The first-order valence-electron chi connectivity index (χ1n) is 5.74. The van der Waals surface area contributed by atoms with E-state index in [1.807, 2.05) is 0 Å². The summed E-state index contributed by atoms with van der Waals surface area (Å²) in [5.41, 5.74) is -0.969. The highest BCUT2D eigenvalue weighted by Gasteiger charge is 2.50. The lowest BCUT2D eigenvalue weighted by Gasteiger charge is -2.37. The van der Waals surface area contributed by atoms with Gasteiger partial charge in [-0.15, -0.1) is 0 Å². The van der Waals surface area contributed by atoms with Gasteiger partial charge < -0.3 is 14.4 Å². The molecule has 0 unspecified atom stereocenters. The second-order valence-electron chi connectivity index (χ2n) is 4.19. The zero-order valence-corrected chi connectivity index (χ0v) is 10.6. The van der Waals surface area contributed by atoms with Crippen LogP contribution in [-0.2, 0) is 14.3 Å². The average Bonchev–Trinajstić information content (AvgIpc) is 2.36. The number of benzene rings is 1. The van der Waals surface area contributed by atoms with Crippen LogP contribution in [0.3, 0.4) is 0 Å². The highest BCUT2D eigenvalue weighted by Crippen LogP contribution is 2.37. The minimum atomic E-state index is -1.61. The molecule has 0 fully saturated rings. The lowest BCUT2D eigenvalue weighted by molar-refractivity contribution is -0.166. The van der Waals surface area contributed by atoms with Crippen LogP contribution < -0.4 is 9.64 Å². The van der Waals surface area contributed by atoms with E-state index in [0.717, 1.165) is 0 Å². The number of likely N-dealkylation sites (N-methyl/N-ethyl adjacent to an activating group) is 1. The SMILES string of the molecule is CCOC(=O)[C@]1(C)Oc2ccccc2N(C)C1=O. The molecule has 96 valence electrons. The van der Waals surface area contributed by atoms with Crippen LogP contribution in [0.5, 0.6) is 5.75 Å². The van der Waals surface area contributed by atoms with E-state index in [-0.39, 0.29) is 6.61 Å². The Bertz CT molecular complexity index is 500. The van der Waals surface area contributed by atoms with Gasteiger partial charge in [0.25, 0.3) is 11.5 Å². The molecule has 0 saturated carbocycles. The molecule has 0 spiro atoms. The molecule has 1 amide bonds. The van der Waals surface area contributed by atoms with E-state index in [1.54, 1.807) is 38.2 Å². The molecule has 5 heteroatoms. The van der Waals surface area contributed by atoms with Crippen molar-refractivity contribution < 1.29 is 19.1 Å². The monoisotopic (exact) mass is 249 g/mol. The summed E-state index contributed by atoms with van der Waals surface area (Å²) >= 11 is 0. The summed E-state index contributed by atoms with van der Waals surface area (Å²) in [6, 6.07) is 7.07. The summed E-state index contributed by atoms with van der Waals surface area (Å²) in [5, 5.41) is 0. The third-order valence-electron chi connectivity index (χ3n) is 2.92. The highest BCUT2D eigenvalue weighted by molar-refractivity contribution is 6.14. The van der Waals surface area contributed by atoms with E-state index in [1.165, 1.54) is 11.8 Å². The molecule has 1 heterocycles. The van der Waals surface area contributed by atoms with Crippen LogP contribution in [0.1, 0.15) is 13.8 Å². The van der Waals surface area contributed by atoms with Crippen molar-refractivity contribution in [3.05, 3.63) is 24.3 Å². The maximum Gasteiger partial charge on any atom is 0.360 e. The summed E-state index contributed by atoms with van der Waals surface area (Å²) in [5.74, 6) is -0.605. The van der Waals surface area contributed by atoms with Crippen molar-refractivity contribution in [2.24, 2.45) is 0 Å². The quantitative estimate of drug-likeness (QED) is 0.586. The smallest absolute Gasteiger partial charge is 0.360 e. The predicted octanol–water partition coefficient (Wildman–Crippen LogP) is 1.36. The van der Waals surface area contributed by atoms with Gasteiger partial charge in [0.05, 0.1) is 12.3 Å². The summed E-state index contributed by atoms with van der Waals surface area (Å²) in [6.07, 6.45) is 0. The number of fused-ring (bicyclic) bond motifs is 1. The molecule has 1 aliphatic heterocycles. The van der Waals surface area contributed by atoms with E-state index in [2.05, 4.69) is 0 Å². The van der Waals surface area contributed by atoms with Gasteiger partial charge in [-0.25, -0.2) is 4.79 Å². The Kier molecular flexibility index (Phi) is 2.98. The van der Waals surface area contributed by atoms with E-state index < -0.39 is 17.5 Å². The van der Waals surface area contributed by atoms with Crippen molar-refractivity contribution in [1.29, 1.82) is 0 Å². The van der Waals surface area contributed by atoms with E-state index in [0.29, 0.717) is 11.4 Å². The van der Waals surface area contributed by atoms with Gasteiger partial charge in [-0.2, -0.15) is 0 Å². The molecule has 0 aromatic heterocycles. The first-order valence-corrected chi connectivity index (χ1v) is 5.74. The van der Waals surface area contributed by atoms with E-state index in [9.17, 15) is 9.59 Å². The van der Waals surface area contributed by atoms with Crippen LogP contribution in [0.25, 0.3) is 0 Å². The standard InChI is InChI=1S/C13H15NO4/c1-4-17-12(16)13(2)11(15)14(3)9-7-5-6-8-10(9)18-13/h5-8H,4H2,1-3H3/t13-/m1/s1. The third kappa shape index (κ3) is 1.72. The summed E-state index contributed by atoms with van der Waals surface area (Å²) in [7, 11) is 1.61. The van der Waals surface area contributed by atoms with E-state index in [4.69, 9.17) is 9.47 Å². The molecule has 2 rings (SSSR count). The van der Waals surface area contributed by atoms with Gasteiger partial charge in [0.2, 0.25) is 0 Å². The lowest BCUT2D eigenvalue weighted by atomic mass is 10.0. The average molecular weight is 249 g/mol. The number of hydrogen-bond acceptors (Lipinski definition) is 4. The van der Waals surface area contributed by atoms with Gasteiger partial charge in [0.15, 0.2) is 0 Å². The van der Waals surface area contributed by atoms with Crippen molar-refractivity contribution in [3.8, 4) is 5.75 Å². The number of anilines is 1. The van der Waals surface area contributed by atoms with Crippen molar-refractivity contribution in [3.63, 3.8) is 0 Å². The molecule has 1 aromatic carbocycles. The summed E-state index contributed by atoms with van der Waals surface area (Å²) in [6.45, 7) is 3.32. The number of nitrogens with zero attached hydrogens (tertiary/aromatic N) is 1. The first kappa shape index (κ1) is 12.4. The largest absolute Gasteiger partial charge is 0.464 e. The van der Waals surface area contributed by atoms with Gasteiger partial charge in [-0.05, 0) is 26.0 Å². The number of hydrogen-bond donors (Lipinski definition) is 0. The molecular formula is C13H15NO4. The van der Waals surface area contributed by atoms with Crippen LogP contribution in [0, 0.1) is 0 Å². The van der Waals surface area contributed by atoms with Gasteiger partial charge >= 0.3 is 5.97 Å². The number of ether oxygens (including phenoxy) is 2. The second kappa shape index (κ2) is 4.33. The van der Waals surface area contributed by atoms with Crippen molar-refractivity contribution >= 4 is 17.6 Å². The third-order valence-corrected chi connectivity index (χ3v) is 2.92. The van der Waals surface area contributed by atoms with Crippen LogP contribution >= 0.6 is 0 Å². The number of rotatable bonds is 2. The molecule has 1 aromatic rings. The van der Waals surface area contributed by atoms with Crippen LogP contribution in [0.2, 0.25) is 0 Å². The number of carbonyl (C=O) groups is 2. The lowest BCUT2D eigenvalue weighted by Crippen LogP contribution is -2.58. The van der Waals surface area contributed by atoms with Gasteiger partial charge in [0.1, 0.15) is 5.75 Å². The molecule has 0 saturated heterocycles. The fourth-order valence-electron chi connectivity index (χ4n) is 1.91. The normalized spacial score (nSPS) is 22.2. The van der Waals surface area contributed by atoms with Crippen LogP contribution in [0.15, 0.2) is 24.3 Å². The molecule has 0 bridgehead atoms. The number of esters is 1. The topological polar surface area (TPSA) is 55.8 Å². The molecule has 0 radical (unpaired) electrons. The predicted molar refractivity (Wildman–Crippen MR) is 65.5 cm³/mol. The van der Waals surface area contributed by atoms with Crippen molar-refractivity contribution in [1.82, 2.24) is 0 Å². The second-order valence-corrected chi connectivity index (χ2v) is 4.19. The van der Waals surface area contributed by atoms with Gasteiger partial charge in [0, 0.05) is 7.05 Å². The number of carbonyl (C=O) groups excluding carboxylic acids is 2.